The first kappa shape index (κ1) is 16.5. The molecule has 120 valence electrons. The Balaban J connectivity index is 1.88. The predicted molar refractivity (Wildman–Crippen MR) is 91.4 cm³/mol. The fourth-order valence-corrected chi connectivity index (χ4v) is 2.95. The van der Waals surface area contributed by atoms with E-state index in [0.29, 0.717) is 6.54 Å². The van der Waals surface area contributed by atoms with Gasteiger partial charge in [0.05, 0.1) is 30.0 Å². The molecule has 2 rings (SSSR count). The van der Waals surface area contributed by atoms with Gasteiger partial charge in [-0.05, 0) is 33.3 Å². The Morgan fingerprint density at radius 2 is 2.14 bits per heavy atom. The van der Waals surface area contributed by atoms with Gasteiger partial charge >= 0.3 is 0 Å². The van der Waals surface area contributed by atoms with Gasteiger partial charge in [0.25, 0.3) is 0 Å². The molecule has 0 aromatic carbocycles. The quantitative estimate of drug-likeness (QED) is 0.631. The maximum absolute atomic E-state index is 4.63. The zero-order valence-corrected chi connectivity index (χ0v) is 14.5. The van der Waals surface area contributed by atoms with Crippen LogP contribution in [0, 0.1) is 20.8 Å². The van der Waals surface area contributed by atoms with E-state index in [4.69, 9.17) is 0 Å². The van der Waals surface area contributed by atoms with Crippen LogP contribution < -0.4 is 10.6 Å². The lowest BCUT2D eigenvalue weighted by molar-refractivity contribution is 0.597. The summed E-state index contributed by atoms with van der Waals surface area (Å²) in [5.41, 5.74) is 2.26. The van der Waals surface area contributed by atoms with Crippen LogP contribution in [0.2, 0.25) is 0 Å². The number of aliphatic imine (C=N–C) groups is 1. The van der Waals surface area contributed by atoms with Crippen molar-refractivity contribution in [1.29, 1.82) is 0 Å². The number of nitrogens with zero attached hydrogens (tertiary/aromatic N) is 4. The Kier molecular flexibility index (Phi) is 5.94. The number of guanidine groups is 1. The van der Waals surface area contributed by atoms with Gasteiger partial charge in [-0.15, -0.1) is 11.3 Å². The summed E-state index contributed by atoms with van der Waals surface area (Å²) < 4.78 is 1.93. The Morgan fingerprint density at radius 3 is 2.73 bits per heavy atom. The molecule has 2 aromatic heterocycles. The lowest BCUT2D eigenvalue weighted by atomic mass is 10.4. The van der Waals surface area contributed by atoms with Gasteiger partial charge in [0.1, 0.15) is 0 Å². The number of aromatic nitrogens is 3. The molecule has 22 heavy (non-hydrogen) atoms. The van der Waals surface area contributed by atoms with E-state index in [-0.39, 0.29) is 0 Å². The highest BCUT2D eigenvalue weighted by Crippen LogP contribution is 2.17. The molecular formula is C15H24N6S. The first-order valence-electron chi connectivity index (χ1n) is 7.52. The molecule has 7 heteroatoms. The Morgan fingerprint density at radius 1 is 1.32 bits per heavy atom. The number of rotatable bonds is 6. The van der Waals surface area contributed by atoms with E-state index in [1.165, 1.54) is 10.4 Å². The molecule has 2 aromatic rings. The van der Waals surface area contributed by atoms with Crippen molar-refractivity contribution in [3.8, 4) is 0 Å². The van der Waals surface area contributed by atoms with E-state index >= 15 is 0 Å². The summed E-state index contributed by atoms with van der Waals surface area (Å²) >= 11 is 1.71. The minimum Gasteiger partial charge on any atom is -0.357 e. The summed E-state index contributed by atoms with van der Waals surface area (Å²) in [6.45, 7) is 11.3. The Bertz CT molecular complexity index is 628. The monoisotopic (exact) mass is 320 g/mol. The molecule has 0 aliphatic rings. The van der Waals surface area contributed by atoms with E-state index in [2.05, 4.69) is 32.6 Å². The first-order valence-corrected chi connectivity index (χ1v) is 8.34. The van der Waals surface area contributed by atoms with Gasteiger partial charge in [0.15, 0.2) is 5.96 Å². The van der Waals surface area contributed by atoms with Crippen LogP contribution in [-0.2, 0) is 13.1 Å². The average Bonchev–Trinajstić information content (AvgIpc) is 3.01. The summed E-state index contributed by atoms with van der Waals surface area (Å²) in [5.74, 6) is 0.830. The Hall–Kier alpha value is -1.89. The van der Waals surface area contributed by atoms with E-state index < -0.39 is 0 Å². The van der Waals surface area contributed by atoms with Crippen molar-refractivity contribution in [3.63, 3.8) is 0 Å². The van der Waals surface area contributed by atoms with Crippen LogP contribution in [0.1, 0.15) is 28.1 Å². The number of hydrogen-bond donors (Lipinski definition) is 2. The summed E-state index contributed by atoms with van der Waals surface area (Å²) in [7, 11) is 0. The van der Waals surface area contributed by atoms with Gasteiger partial charge in [-0.3, -0.25) is 4.68 Å². The van der Waals surface area contributed by atoms with Crippen molar-refractivity contribution in [2.45, 2.75) is 40.8 Å². The second-order valence-electron chi connectivity index (χ2n) is 5.14. The summed E-state index contributed by atoms with van der Waals surface area (Å²) in [5, 5.41) is 12.0. The minimum atomic E-state index is 0.660. The molecule has 0 spiro atoms. The fourth-order valence-electron chi connectivity index (χ4n) is 2.09. The molecule has 0 radical (unpaired) electrons. The summed E-state index contributed by atoms with van der Waals surface area (Å²) in [6, 6.07) is 0. The molecule has 2 N–H and O–H groups in total. The number of thiazole rings is 1. The zero-order valence-electron chi connectivity index (χ0n) is 13.7. The molecular weight excluding hydrogens is 296 g/mol. The zero-order chi connectivity index (χ0) is 15.9. The first-order chi connectivity index (χ1) is 10.6. The molecule has 0 amide bonds. The standard InChI is InChI=1S/C15H24N6S/c1-5-16-15(17-6-7-21-10-11(2)8-19-21)18-9-14-12(3)20-13(4)22-14/h8,10H,5-7,9H2,1-4H3,(H2,16,17,18). The van der Waals surface area contributed by atoms with E-state index in [1.807, 2.05) is 37.8 Å². The van der Waals surface area contributed by atoms with Crippen LogP contribution in [0.5, 0.6) is 0 Å². The molecule has 0 saturated heterocycles. The molecule has 2 heterocycles. The van der Waals surface area contributed by atoms with Gasteiger partial charge in [-0.2, -0.15) is 5.10 Å². The van der Waals surface area contributed by atoms with Crippen molar-refractivity contribution in [1.82, 2.24) is 25.4 Å². The highest BCUT2D eigenvalue weighted by Gasteiger charge is 2.04. The van der Waals surface area contributed by atoms with Crippen LogP contribution in [0.3, 0.4) is 0 Å². The molecule has 0 saturated carbocycles. The van der Waals surface area contributed by atoms with Gasteiger partial charge in [0.2, 0.25) is 0 Å². The molecule has 0 aliphatic carbocycles. The highest BCUT2D eigenvalue weighted by atomic mass is 32.1. The van der Waals surface area contributed by atoms with Crippen molar-refractivity contribution in [3.05, 3.63) is 33.5 Å². The molecule has 0 unspecified atom stereocenters. The van der Waals surface area contributed by atoms with Crippen molar-refractivity contribution >= 4 is 17.3 Å². The van der Waals surface area contributed by atoms with Crippen molar-refractivity contribution in [2.24, 2.45) is 4.99 Å². The van der Waals surface area contributed by atoms with Crippen LogP contribution in [0.15, 0.2) is 17.4 Å². The Labute approximate surface area is 135 Å². The van der Waals surface area contributed by atoms with Crippen LogP contribution in [-0.4, -0.2) is 33.8 Å². The van der Waals surface area contributed by atoms with Crippen molar-refractivity contribution in [2.75, 3.05) is 13.1 Å². The second kappa shape index (κ2) is 7.93. The van der Waals surface area contributed by atoms with Crippen molar-refractivity contribution < 1.29 is 0 Å². The molecule has 0 fully saturated rings. The maximum atomic E-state index is 4.63. The largest absolute Gasteiger partial charge is 0.357 e. The number of nitrogens with one attached hydrogen (secondary N) is 2. The van der Waals surface area contributed by atoms with E-state index in [1.54, 1.807) is 11.3 Å². The second-order valence-corrected chi connectivity index (χ2v) is 6.43. The molecule has 6 nitrogen and oxygen atoms in total. The molecule has 0 atom stereocenters. The lowest BCUT2D eigenvalue weighted by Gasteiger charge is -2.11. The van der Waals surface area contributed by atoms with Gasteiger partial charge < -0.3 is 10.6 Å². The lowest BCUT2D eigenvalue weighted by Crippen LogP contribution is -2.38. The minimum absolute atomic E-state index is 0.660. The smallest absolute Gasteiger partial charge is 0.191 e. The third kappa shape index (κ3) is 4.84. The van der Waals surface area contributed by atoms with Gasteiger partial charge in [0, 0.05) is 24.2 Å². The summed E-state index contributed by atoms with van der Waals surface area (Å²) in [6.07, 6.45) is 3.91. The molecule has 0 bridgehead atoms. The molecule has 0 aliphatic heterocycles. The van der Waals surface area contributed by atoms with Crippen LogP contribution in [0.25, 0.3) is 0 Å². The highest BCUT2D eigenvalue weighted by molar-refractivity contribution is 7.11. The third-order valence-electron chi connectivity index (χ3n) is 3.12. The summed E-state index contributed by atoms with van der Waals surface area (Å²) in [4.78, 5) is 10.3. The van der Waals surface area contributed by atoms with E-state index in [0.717, 1.165) is 36.3 Å². The SMILES string of the molecule is CCNC(=NCc1sc(C)nc1C)NCCn1cc(C)cn1. The predicted octanol–water partition coefficient (Wildman–Crippen LogP) is 2.02. The fraction of sp³-hybridized carbons (Fsp3) is 0.533. The number of aryl methyl sites for hydroxylation is 3. The number of hydrogen-bond acceptors (Lipinski definition) is 4. The van der Waals surface area contributed by atoms with Crippen LogP contribution in [0.4, 0.5) is 0 Å². The van der Waals surface area contributed by atoms with Gasteiger partial charge in [-0.25, -0.2) is 9.98 Å². The third-order valence-corrected chi connectivity index (χ3v) is 4.18. The topological polar surface area (TPSA) is 67.1 Å². The normalized spacial score (nSPS) is 11.7. The average molecular weight is 320 g/mol. The van der Waals surface area contributed by atoms with Crippen LogP contribution >= 0.6 is 11.3 Å². The maximum Gasteiger partial charge on any atom is 0.191 e. The van der Waals surface area contributed by atoms with E-state index in [9.17, 15) is 0 Å². The van der Waals surface area contributed by atoms with Gasteiger partial charge in [-0.1, -0.05) is 0 Å².